The first kappa shape index (κ1) is 15.9. The van der Waals surface area contributed by atoms with E-state index in [1.54, 1.807) is 6.92 Å². The van der Waals surface area contributed by atoms with Crippen molar-refractivity contribution in [3.8, 4) is 0 Å². The van der Waals surface area contributed by atoms with E-state index in [-0.39, 0.29) is 0 Å². The lowest BCUT2D eigenvalue weighted by atomic mass is 10.3. The summed E-state index contributed by atoms with van der Waals surface area (Å²) in [5.74, 6) is 1.65. The minimum absolute atomic E-state index is 0.476. The molecule has 1 N–H and O–H groups in total. The smallest absolute Gasteiger partial charge is 0.250 e. The molecule has 0 saturated carbocycles. The molecule has 0 aliphatic heterocycles. The Hall–Kier alpha value is -3.55. The van der Waals surface area contributed by atoms with Crippen LogP contribution in [0, 0.1) is 0 Å². The topological polar surface area (TPSA) is 84.8 Å². The van der Waals surface area contributed by atoms with Gasteiger partial charge in [-0.1, -0.05) is 24.3 Å². The monoisotopic (exact) mass is 346 g/mol. The summed E-state index contributed by atoms with van der Waals surface area (Å²) in [6, 6.07) is 15.8. The Kier molecular flexibility index (Phi) is 3.92. The summed E-state index contributed by atoms with van der Waals surface area (Å²) < 4.78 is 3.83. The molecule has 0 fully saturated rings. The number of aryl methyl sites for hydroxylation is 2. The van der Waals surface area contributed by atoms with Gasteiger partial charge in [0.2, 0.25) is 11.9 Å². The maximum absolute atomic E-state index is 4.50. The zero-order valence-electron chi connectivity index (χ0n) is 14.7. The van der Waals surface area contributed by atoms with E-state index in [1.165, 1.54) is 0 Å². The maximum Gasteiger partial charge on any atom is 0.250 e. The normalized spacial score (nSPS) is 12.5. The van der Waals surface area contributed by atoms with Gasteiger partial charge in [0, 0.05) is 14.1 Å². The third-order valence-electron chi connectivity index (χ3n) is 4.15. The summed E-state index contributed by atoms with van der Waals surface area (Å²) in [6.07, 6.45) is 0. The Morgan fingerprint density at radius 2 is 1.50 bits per heavy atom. The summed E-state index contributed by atoms with van der Waals surface area (Å²) in [5, 5.41) is 12.6. The van der Waals surface area contributed by atoms with Crippen LogP contribution in [0.3, 0.4) is 0 Å². The minimum atomic E-state index is 0.476. The minimum Gasteiger partial charge on any atom is -0.312 e. The Labute approximate surface area is 149 Å². The van der Waals surface area contributed by atoms with Crippen molar-refractivity contribution < 1.29 is 0 Å². The van der Waals surface area contributed by atoms with E-state index in [0.717, 1.165) is 22.1 Å². The van der Waals surface area contributed by atoms with Gasteiger partial charge in [0.05, 0.1) is 22.1 Å². The number of fused-ring (bicyclic) bond motifs is 2. The first-order valence-electron chi connectivity index (χ1n) is 8.18. The fourth-order valence-electron chi connectivity index (χ4n) is 2.74. The van der Waals surface area contributed by atoms with Gasteiger partial charge < -0.3 is 9.13 Å². The number of para-hydroxylation sites is 4. The summed E-state index contributed by atoms with van der Waals surface area (Å²) >= 11 is 0. The summed E-state index contributed by atoms with van der Waals surface area (Å²) in [7, 11) is 3.84. The van der Waals surface area contributed by atoms with Crippen LogP contribution in [0.25, 0.3) is 22.1 Å². The SMILES string of the molecule is C/C(N=Nc1nc2ccccc2n1C)=N\Nc1nc2ccccc2n1C. The third-order valence-corrected chi connectivity index (χ3v) is 4.15. The third kappa shape index (κ3) is 2.81. The number of hydrazone groups is 1. The van der Waals surface area contributed by atoms with Crippen molar-refractivity contribution in [3.63, 3.8) is 0 Å². The van der Waals surface area contributed by atoms with Gasteiger partial charge in [0.15, 0.2) is 5.84 Å². The number of azo groups is 1. The van der Waals surface area contributed by atoms with Crippen LogP contribution in [0.1, 0.15) is 6.92 Å². The van der Waals surface area contributed by atoms with Gasteiger partial charge in [-0.2, -0.15) is 5.10 Å². The molecule has 2 heterocycles. The van der Waals surface area contributed by atoms with Crippen molar-refractivity contribution >= 4 is 39.8 Å². The number of nitrogens with zero attached hydrogens (tertiary/aromatic N) is 7. The quantitative estimate of drug-likeness (QED) is 0.263. The number of amidine groups is 1. The molecule has 2 aromatic carbocycles. The second-order valence-corrected chi connectivity index (χ2v) is 5.91. The van der Waals surface area contributed by atoms with Gasteiger partial charge in [-0.25, -0.2) is 15.4 Å². The lowest BCUT2D eigenvalue weighted by molar-refractivity contribution is 0.921. The molecule has 0 atom stereocenters. The van der Waals surface area contributed by atoms with Crippen LogP contribution >= 0.6 is 0 Å². The second-order valence-electron chi connectivity index (χ2n) is 5.91. The molecule has 0 saturated heterocycles. The van der Waals surface area contributed by atoms with Crippen molar-refractivity contribution in [2.24, 2.45) is 29.4 Å². The number of imidazole rings is 2. The van der Waals surface area contributed by atoms with Crippen molar-refractivity contribution in [1.29, 1.82) is 0 Å². The van der Waals surface area contributed by atoms with E-state index in [4.69, 9.17) is 0 Å². The molecule has 8 heteroatoms. The molecule has 26 heavy (non-hydrogen) atoms. The fourth-order valence-corrected chi connectivity index (χ4v) is 2.74. The molecule has 4 aromatic rings. The molecule has 0 aliphatic rings. The molecule has 0 bridgehead atoms. The molecule has 0 unspecified atom stereocenters. The predicted octanol–water partition coefficient (Wildman–Crippen LogP) is 3.99. The van der Waals surface area contributed by atoms with Crippen LogP contribution in [-0.2, 0) is 14.1 Å². The number of rotatable bonds is 3. The largest absolute Gasteiger partial charge is 0.312 e. The predicted molar refractivity (Wildman–Crippen MR) is 103 cm³/mol. The van der Waals surface area contributed by atoms with E-state index >= 15 is 0 Å². The first-order chi connectivity index (χ1) is 12.6. The van der Waals surface area contributed by atoms with Crippen molar-refractivity contribution in [1.82, 2.24) is 19.1 Å². The molecule has 2 aromatic heterocycles. The van der Waals surface area contributed by atoms with Crippen LogP contribution in [0.15, 0.2) is 63.9 Å². The number of benzene rings is 2. The lowest BCUT2D eigenvalue weighted by Crippen LogP contribution is -2.00. The van der Waals surface area contributed by atoms with Gasteiger partial charge >= 0.3 is 0 Å². The maximum atomic E-state index is 4.50. The average Bonchev–Trinajstić information content (AvgIpc) is 3.16. The van der Waals surface area contributed by atoms with E-state index < -0.39 is 0 Å². The Bertz CT molecular complexity index is 1150. The number of nitrogens with one attached hydrogen (secondary N) is 1. The van der Waals surface area contributed by atoms with Crippen molar-refractivity contribution in [2.75, 3.05) is 5.43 Å². The fraction of sp³-hybridized carbons (Fsp3) is 0.167. The highest BCUT2D eigenvalue weighted by molar-refractivity contribution is 5.82. The average molecular weight is 346 g/mol. The van der Waals surface area contributed by atoms with E-state index in [0.29, 0.717) is 17.7 Å². The number of anilines is 1. The van der Waals surface area contributed by atoms with Crippen LogP contribution < -0.4 is 5.43 Å². The van der Waals surface area contributed by atoms with Gasteiger partial charge in [-0.3, -0.25) is 0 Å². The molecule has 0 radical (unpaired) electrons. The van der Waals surface area contributed by atoms with E-state index in [1.807, 2.05) is 71.8 Å². The Morgan fingerprint density at radius 3 is 2.15 bits per heavy atom. The van der Waals surface area contributed by atoms with Crippen molar-refractivity contribution in [3.05, 3.63) is 48.5 Å². The number of hydrogen-bond acceptors (Lipinski definition) is 5. The molecular weight excluding hydrogens is 328 g/mol. The first-order valence-corrected chi connectivity index (χ1v) is 8.18. The number of aromatic nitrogens is 4. The molecule has 130 valence electrons. The summed E-state index contributed by atoms with van der Waals surface area (Å²) in [4.78, 5) is 8.96. The Balaban J connectivity index is 1.54. The zero-order chi connectivity index (χ0) is 18.1. The van der Waals surface area contributed by atoms with E-state index in [9.17, 15) is 0 Å². The van der Waals surface area contributed by atoms with Gasteiger partial charge in [0.25, 0.3) is 0 Å². The summed E-state index contributed by atoms with van der Waals surface area (Å²) in [5.41, 5.74) is 6.77. The molecule has 0 amide bonds. The Morgan fingerprint density at radius 1 is 0.885 bits per heavy atom. The molecular formula is C18H18N8. The van der Waals surface area contributed by atoms with Crippen LogP contribution in [-0.4, -0.2) is 24.9 Å². The highest BCUT2D eigenvalue weighted by Gasteiger charge is 2.07. The molecule has 0 aliphatic carbocycles. The lowest BCUT2D eigenvalue weighted by Gasteiger charge is -2.00. The number of hydrogen-bond donors (Lipinski definition) is 1. The van der Waals surface area contributed by atoms with Crippen LogP contribution in [0.2, 0.25) is 0 Å². The highest BCUT2D eigenvalue weighted by Crippen LogP contribution is 2.20. The van der Waals surface area contributed by atoms with Crippen LogP contribution in [0.4, 0.5) is 11.9 Å². The molecule has 0 spiro atoms. The summed E-state index contributed by atoms with van der Waals surface area (Å²) in [6.45, 7) is 1.77. The van der Waals surface area contributed by atoms with Gasteiger partial charge in [0.1, 0.15) is 0 Å². The molecule has 8 nitrogen and oxygen atoms in total. The van der Waals surface area contributed by atoms with Crippen molar-refractivity contribution in [2.45, 2.75) is 6.92 Å². The standard InChI is InChI=1S/C18H18N8/c1-12(21-23-17-19-13-8-4-6-10-15(13)25(17)2)22-24-18-20-14-9-5-7-11-16(14)26(18)3/h4-11H,1-3H3,(H,19,23)/b21-12+,24-22?. The van der Waals surface area contributed by atoms with Gasteiger partial charge in [-0.15, -0.1) is 10.2 Å². The van der Waals surface area contributed by atoms with Crippen LogP contribution in [0.5, 0.6) is 0 Å². The zero-order valence-corrected chi connectivity index (χ0v) is 14.7. The highest BCUT2D eigenvalue weighted by atomic mass is 15.4. The van der Waals surface area contributed by atoms with E-state index in [2.05, 4.69) is 30.7 Å². The van der Waals surface area contributed by atoms with Gasteiger partial charge in [-0.05, 0) is 31.2 Å². The molecule has 4 rings (SSSR count). The second kappa shape index (κ2) is 6.40.